The monoisotopic (exact) mass is 366 g/mol. The molecule has 0 saturated carbocycles. The zero-order valence-electron chi connectivity index (χ0n) is 13.5. The van der Waals surface area contributed by atoms with Crippen molar-refractivity contribution in [3.8, 4) is 0 Å². The summed E-state index contributed by atoms with van der Waals surface area (Å²) in [5.74, 6) is -0.752. The second-order valence-electron chi connectivity index (χ2n) is 5.95. The van der Waals surface area contributed by atoms with Crippen LogP contribution in [0.3, 0.4) is 0 Å². The highest BCUT2D eigenvalue weighted by Crippen LogP contribution is 2.21. The van der Waals surface area contributed by atoms with Gasteiger partial charge in [-0.15, -0.1) is 0 Å². The summed E-state index contributed by atoms with van der Waals surface area (Å²) in [5, 5.41) is 1.52. The zero-order chi connectivity index (χ0) is 18.4. The number of aryl methyl sites for hydroxylation is 1. The van der Waals surface area contributed by atoms with E-state index in [1.807, 2.05) is 6.92 Å². The van der Waals surface area contributed by atoms with Gasteiger partial charge in [0.2, 0.25) is 5.78 Å². The summed E-state index contributed by atoms with van der Waals surface area (Å²) in [4.78, 5) is 37.2. The smallest absolute Gasteiger partial charge is 0.347 e. The summed E-state index contributed by atoms with van der Waals surface area (Å²) in [7, 11) is 0. The maximum Gasteiger partial charge on any atom is 0.347 e. The number of ketones is 1. The Morgan fingerprint density at radius 2 is 1.35 bits per heavy atom. The second kappa shape index (κ2) is 5.97. The predicted octanol–water partition coefficient (Wildman–Crippen LogP) is 4.09. The molecule has 6 heteroatoms. The molecule has 5 nitrogen and oxygen atoms in total. The molecule has 2 aromatic heterocycles. The summed E-state index contributed by atoms with van der Waals surface area (Å²) in [5.41, 5.74) is -0.488. The number of hydrogen-bond donors (Lipinski definition) is 0. The molecule has 0 aliphatic rings. The lowest BCUT2D eigenvalue weighted by atomic mass is 10.0. The van der Waals surface area contributed by atoms with Gasteiger partial charge in [-0.3, -0.25) is 4.79 Å². The van der Waals surface area contributed by atoms with Gasteiger partial charge in [0.15, 0.2) is 0 Å². The quantitative estimate of drug-likeness (QED) is 0.394. The van der Waals surface area contributed by atoms with E-state index in [1.54, 1.807) is 36.4 Å². The molecule has 0 aliphatic heterocycles. The Morgan fingerprint density at radius 3 is 1.96 bits per heavy atom. The summed E-state index contributed by atoms with van der Waals surface area (Å²) in [6.07, 6.45) is 0. The van der Waals surface area contributed by atoms with Crippen molar-refractivity contribution in [3.63, 3.8) is 0 Å². The third-order valence-corrected chi connectivity index (χ3v) is 4.31. The lowest BCUT2D eigenvalue weighted by Crippen LogP contribution is -2.20. The first-order chi connectivity index (χ1) is 12.4. The second-order valence-corrected chi connectivity index (χ2v) is 6.38. The fraction of sp³-hybridized carbons (Fsp3) is 0.0500. The summed E-state index contributed by atoms with van der Waals surface area (Å²) < 4.78 is 10.4. The van der Waals surface area contributed by atoms with E-state index >= 15 is 0 Å². The largest absolute Gasteiger partial charge is 0.422 e. The highest BCUT2D eigenvalue weighted by molar-refractivity contribution is 6.31. The molecule has 2 aromatic carbocycles. The molecule has 4 aromatic rings. The maximum absolute atomic E-state index is 12.8. The van der Waals surface area contributed by atoms with Crippen molar-refractivity contribution < 1.29 is 13.6 Å². The summed E-state index contributed by atoms with van der Waals surface area (Å²) in [6.45, 7) is 1.88. The van der Waals surface area contributed by atoms with Crippen LogP contribution in [-0.4, -0.2) is 5.78 Å². The first-order valence-corrected chi connectivity index (χ1v) is 8.13. The molecule has 0 fully saturated rings. The van der Waals surface area contributed by atoms with Crippen molar-refractivity contribution >= 4 is 39.3 Å². The number of fused-ring (bicyclic) bond motifs is 2. The highest BCUT2D eigenvalue weighted by Gasteiger charge is 2.20. The molecule has 0 spiro atoms. The van der Waals surface area contributed by atoms with Gasteiger partial charge in [0, 0.05) is 15.8 Å². The average molecular weight is 367 g/mol. The molecule has 0 bridgehead atoms. The molecule has 0 atom stereocenters. The topological polar surface area (TPSA) is 77.5 Å². The molecule has 0 unspecified atom stereocenters. The Labute approximate surface area is 151 Å². The Hall–Kier alpha value is -3.18. The Balaban J connectivity index is 1.92. The minimum absolute atomic E-state index is 0.225. The molecule has 2 heterocycles. The van der Waals surface area contributed by atoms with E-state index in [2.05, 4.69) is 0 Å². The Kier molecular flexibility index (Phi) is 3.74. The molecule has 0 saturated heterocycles. The minimum atomic E-state index is -0.825. The molecular weight excluding hydrogens is 356 g/mol. The van der Waals surface area contributed by atoms with Crippen LogP contribution in [0.2, 0.25) is 5.02 Å². The van der Waals surface area contributed by atoms with Gasteiger partial charge >= 0.3 is 11.3 Å². The van der Waals surface area contributed by atoms with Crippen molar-refractivity contribution in [2.45, 2.75) is 6.92 Å². The van der Waals surface area contributed by atoms with Gasteiger partial charge in [0.25, 0.3) is 0 Å². The van der Waals surface area contributed by atoms with Crippen molar-refractivity contribution in [1.29, 1.82) is 0 Å². The van der Waals surface area contributed by atoms with Crippen LogP contribution in [0.15, 0.2) is 67.0 Å². The standard InChI is InChI=1S/C20H11ClO5/c1-10-2-4-16-11(6-10)8-14(19(23)25-16)18(22)15-9-12-7-13(21)3-5-17(12)26-20(15)24/h2-9H,1H3. The third-order valence-electron chi connectivity index (χ3n) is 4.07. The fourth-order valence-electron chi connectivity index (χ4n) is 2.80. The molecule has 26 heavy (non-hydrogen) atoms. The lowest BCUT2D eigenvalue weighted by molar-refractivity contribution is 0.103. The maximum atomic E-state index is 12.8. The molecule has 0 amide bonds. The third kappa shape index (κ3) is 2.72. The van der Waals surface area contributed by atoms with E-state index in [-0.39, 0.29) is 11.1 Å². The summed E-state index contributed by atoms with van der Waals surface area (Å²) >= 11 is 5.94. The molecule has 0 radical (unpaired) electrons. The number of halogens is 1. The zero-order valence-corrected chi connectivity index (χ0v) is 14.3. The fourth-order valence-corrected chi connectivity index (χ4v) is 2.98. The van der Waals surface area contributed by atoms with Crippen LogP contribution < -0.4 is 11.3 Å². The minimum Gasteiger partial charge on any atom is -0.422 e. The lowest BCUT2D eigenvalue weighted by Gasteiger charge is -2.04. The van der Waals surface area contributed by atoms with Gasteiger partial charge in [0.05, 0.1) is 0 Å². The van der Waals surface area contributed by atoms with Gasteiger partial charge in [-0.25, -0.2) is 9.59 Å². The van der Waals surface area contributed by atoms with Crippen molar-refractivity contribution in [2.75, 3.05) is 0 Å². The first kappa shape index (κ1) is 16.3. The van der Waals surface area contributed by atoms with Crippen molar-refractivity contribution in [3.05, 3.63) is 91.1 Å². The van der Waals surface area contributed by atoms with Gasteiger partial charge in [-0.2, -0.15) is 0 Å². The number of benzene rings is 2. The van der Waals surface area contributed by atoms with E-state index < -0.39 is 17.0 Å². The summed E-state index contributed by atoms with van der Waals surface area (Å²) in [6, 6.07) is 12.7. The van der Waals surface area contributed by atoms with E-state index in [9.17, 15) is 14.4 Å². The van der Waals surface area contributed by atoms with Crippen LogP contribution in [-0.2, 0) is 0 Å². The molecular formula is C20H11ClO5. The number of carbonyl (C=O) groups is 1. The number of carbonyl (C=O) groups excluding carboxylic acids is 1. The van der Waals surface area contributed by atoms with Crippen LogP contribution >= 0.6 is 11.6 Å². The number of hydrogen-bond acceptors (Lipinski definition) is 5. The Morgan fingerprint density at radius 1 is 0.808 bits per heavy atom. The van der Waals surface area contributed by atoms with Gasteiger partial charge < -0.3 is 8.83 Å². The van der Waals surface area contributed by atoms with E-state index in [0.29, 0.717) is 27.0 Å². The molecule has 0 N–H and O–H groups in total. The van der Waals surface area contributed by atoms with Crippen LogP contribution in [0.25, 0.3) is 21.9 Å². The Bertz CT molecular complexity index is 1210. The molecule has 4 rings (SSSR count). The van der Waals surface area contributed by atoms with Crippen LogP contribution in [0.1, 0.15) is 21.5 Å². The van der Waals surface area contributed by atoms with Crippen molar-refractivity contribution in [2.24, 2.45) is 0 Å². The number of rotatable bonds is 2. The van der Waals surface area contributed by atoms with Gasteiger partial charge in [-0.05, 0) is 49.4 Å². The van der Waals surface area contributed by atoms with Crippen LogP contribution in [0, 0.1) is 6.92 Å². The predicted molar refractivity (Wildman–Crippen MR) is 98.1 cm³/mol. The van der Waals surface area contributed by atoms with Crippen LogP contribution in [0.4, 0.5) is 0 Å². The van der Waals surface area contributed by atoms with E-state index in [1.165, 1.54) is 12.1 Å². The van der Waals surface area contributed by atoms with Crippen molar-refractivity contribution in [1.82, 2.24) is 0 Å². The highest BCUT2D eigenvalue weighted by atomic mass is 35.5. The normalized spacial score (nSPS) is 11.2. The van der Waals surface area contributed by atoms with Crippen LogP contribution in [0.5, 0.6) is 0 Å². The first-order valence-electron chi connectivity index (χ1n) is 7.75. The molecule has 0 aliphatic carbocycles. The molecule has 128 valence electrons. The van der Waals surface area contributed by atoms with Gasteiger partial charge in [0.1, 0.15) is 22.3 Å². The SMILES string of the molecule is Cc1ccc2oc(=O)c(C(=O)c3cc4cc(Cl)ccc4oc3=O)cc2c1. The van der Waals surface area contributed by atoms with E-state index in [4.69, 9.17) is 20.4 Å². The average Bonchev–Trinajstić information content (AvgIpc) is 2.60. The van der Waals surface area contributed by atoms with E-state index in [0.717, 1.165) is 5.56 Å². The van der Waals surface area contributed by atoms with Gasteiger partial charge in [-0.1, -0.05) is 23.2 Å².